The largest absolute Gasteiger partial charge is 0.357 e. The third-order valence-electron chi connectivity index (χ3n) is 4.21. The normalized spacial score (nSPS) is 14.1. The number of aliphatic imine (C=N–C) groups is 1. The number of nitrogens with one attached hydrogen (secondary N) is 2. The Balaban J connectivity index is 1.56. The molecule has 0 saturated carbocycles. The van der Waals surface area contributed by atoms with Crippen LogP contribution in [0.3, 0.4) is 0 Å². The van der Waals surface area contributed by atoms with Crippen molar-refractivity contribution in [3.8, 4) is 0 Å². The molecule has 1 amide bonds. The monoisotopic (exact) mass is 356 g/mol. The maximum Gasteiger partial charge on any atom is 0.244 e. The lowest BCUT2D eigenvalue weighted by Crippen LogP contribution is -2.40. The average Bonchev–Trinajstić information content (AvgIpc) is 3.17. The summed E-state index contributed by atoms with van der Waals surface area (Å²) in [5, 5.41) is 8.52. The highest BCUT2D eigenvalue weighted by Gasteiger charge is 2.19. The van der Waals surface area contributed by atoms with Crippen LogP contribution in [0.15, 0.2) is 46.8 Å². The van der Waals surface area contributed by atoms with Crippen LogP contribution in [0.1, 0.15) is 22.9 Å². The molecule has 3 rings (SSSR count). The van der Waals surface area contributed by atoms with E-state index < -0.39 is 0 Å². The molecule has 1 aliphatic heterocycles. The van der Waals surface area contributed by atoms with Gasteiger partial charge in [0.25, 0.3) is 0 Å². The molecule has 25 heavy (non-hydrogen) atoms. The topological polar surface area (TPSA) is 56.7 Å². The highest BCUT2D eigenvalue weighted by molar-refractivity contribution is 7.09. The number of nitrogens with zero attached hydrogens (tertiary/aromatic N) is 2. The minimum absolute atomic E-state index is 0.0721. The maximum absolute atomic E-state index is 12.5. The van der Waals surface area contributed by atoms with E-state index in [9.17, 15) is 4.79 Å². The molecule has 1 aliphatic rings. The van der Waals surface area contributed by atoms with Crippen molar-refractivity contribution < 1.29 is 4.79 Å². The van der Waals surface area contributed by atoms with Gasteiger partial charge in [0.15, 0.2) is 5.96 Å². The van der Waals surface area contributed by atoms with E-state index in [1.54, 1.807) is 11.3 Å². The Kier molecular flexibility index (Phi) is 6.06. The smallest absolute Gasteiger partial charge is 0.244 e. The second kappa shape index (κ2) is 8.67. The molecule has 2 aromatic rings. The van der Waals surface area contributed by atoms with Gasteiger partial charge in [-0.05, 0) is 35.9 Å². The zero-order chi connectivity index (χ0) is 17.5. The zero-order valence-corrected chi connectivity index (χ0v) is 15.3. The quantitative estimate of drug-likeness (QED) is 0.639. The summed E-state index contributed by atoms with van der Waals surface area (Å²) in [4.78, 5) is 20.1. The summed E-state index contributed by atoms with van der Waals surface area (Å²) in [7, 11) is 0. The number of hydrogen-bond donors (Lipinski definition) is 2. The van der Waals surface area contributed by atoms with Gasteiger partial charge >= 0.3 is 0 Å². The number of amides is 1. The van der Waals surface area contributed by atoms with Crippen LogP contribution in [0.4, 0.5) is 0 Å². The van der Waals surface area contributed by atoms with Gasteiger partial charge in [-0.3, -0.25) is 4.79 Å². The van der Waals surface area contributed by atoms with Gasteiger partial charge in [0.2, 0.25) is 5.91 Å². The lowest BCUT2D eigenvalue weighted by molar-refractivity contribution is -0.130. The highest BCUT2D eigenvalue weighted by Crippen LogP contribution is 2.18. The Morgan fingerprint density at radius 2 is 2.04 bits per heavy atom. The van der Waals surface area contributed by atoms with Gasteiger partial charge in [-0.25, -0.2) is 4.99 Å². The number of carbonyl (C=O) groups is 1. The molecule has 5 nitrogen and oxygen atoms in total. The molecule has 0 aliphatic carbocycles. The summed E-state index contributed by atoms with van der Waals surface area (Å²) in [6, 6.07) is 12.4. The summed E-state index contributed by atoms with van der Waals surface area (Å²) < 4.78 is 0. The van der Waals surface area contributed by atoms with Crippen LogP contribution in [-0.2, 0) is 24.3 Å². The Hall–Kier alpha value is -2.34. The molecule has 0 fully saturated rings. The summed E-state index contributed by atoms with van der Waals surface area (Å²) in [6.07, 6.45) is 0.919. The molecule has 0 unspecified atom stereocenters. The molecule has 1 aromatic heterocycles. The number of rotatable bonds is 5. The number of carbonyl (C=O) groups excluding carboxylic acids is 1. The lowest BCUT2D eigenvalue weighted by Gasteiger charge is -2.28. The van der Waals surface area contributed by atoms with Crippen molar-refractivity contribution in [3.63, 3.8) is 0 Å². The van der Waals surface area contributed by atoms with Gasteiger partial charge in [0, 0.05) is 24.5 Å². The Morgan fingerprint density at radius 1 is 1.20 bits per heavy atom. The van der Waals surface area contributed by atoms with E-state index >= 15 is 0 Å². The summed E-state index contributed by atoms with van der Waals surface area (Å²) in [5.41, 5.74) is 2.59. The first-order chi connectivity index (χ1) is 12.3. The van der Waals surface area contributed by atoms with Crippen molar-refractivity contribution in [1.29, 1.82) is 0 Å². The fourth-order valence-electron chi connectivity index (χ4n) is 2.88. The van der Waals surface area contributed by atoms with Crippen LogP contribution in [0.25, 0.3) is 0 Å². The van der Waals surface area contributed by atoms with Gasteiger partial charge in [0.05, 0.1) is 6.54 Å². The molecule has 2 N–H and O–H groups in total. The fourth-order valence-corrected chi connectivity index (χ4v) is 3.53. The van der Waals surface area contributed by atoms with E-state index in [1.165, 1.54) is 16.0 Å². The summed E-state index contributed by atoms with van der Waals surface area (Å²) >= 11 is 1.70. The highest BCUT2D eigenvalue weighted by atomic mass is 32.1. The second-order valence-corrected chi connectivity index (χ2v) is 6.99. The molecule has 0 spiro atoms. The molecular formula is C19H24N4OS. The summed E-state index contributed by atoms with van der Waals surface area (Å²) in [5.74, 6) is 0.754. The Morgan fingerprint density at radius 3 is 2.80 bits per heavy atom. The first kappa shape index (κ1) is 17.5. The standard InChI is InChI=1S/C19H24N4OS/c1-2-20-19(21-12-17-8-5-11-25-17)22-13-18(24)23-10-9-15-6-3-4-7-16(15)14-23/h3-8,11H,2,9-10,12-14H2,1H3,(H2,20,21,22). The van der Waals surface area contributed by atoms with Crippen molar-refractivity contribution in [1.82, 2.24) is 15.5 Å². The minimum atomic E-state index is 0.0721. The van der Waals surface area contributed by atoms with Crippen molar-refractivity contribution in [2.45, 2.75) is 26.4 Å². The zero-order valence-electron chi connectivity index (χ0n) is 14.5. The third kappa shape index (κ3) is 4.82. The molecular weight excluding hydrogens is 332 g/mol. The van der Waals surface area contributed by atoms with Crippen molar-refractivity contribution in [2.24, 2.45) is 4.99 Å². The van der Waals surface area contributed by atoms with Gasteiger partial charge in [-0.1, -0.05) is 30.3 Å². The number of fused-ring (bicyclic) bond motifs is 1. The Bertz CT molecular complexity index is 727. The third-order valence-corrected chi connectivity index (χ3v) is 5.09. The number of guanidine groups is 1. The molecule has 0 bridgehead atoms. The molecule has 2 heterocycles. The van der Waals surface area contributed by atoms with Crippen molar-refractivity contribution >= 4 is 23.2 Å². The minimum Gasteiger partial charge on any atom is -0.357 e. The average molecular weight is 356 g/mol. The van der Waals surface area contributed by atoms with Gasteiger partial charge in [-0.15, -0.1) is 11.3 Å². The van der Waals surface area contributed by atoms with Gasteiger partial charge in [-0.2, -0.15) is 0 Å². The van der Waals surface area contributed by atoms with Crippen LogP contribution in [0.2, 0.25) is 0 Å². The van der Waals surface area contributed by atoms with E-state index in [1.807, 2.05) is 24.0 Å². The van der Waals surface area contributed by atoms with Crippen LogP contribution in [0.5, 0.6) is 0 Å². The van der Waals surface area contributed by atoms with E-state index in [0.29, 0.717) is 12.5 Å². The Labute approximate surface area is 152 Å². The fraction of sp³-hybridized carbons (Fsp3) is 0.368. The lowest BCUT2D eigenvalue weighted by atomic mass is 10.00. The predicted molar refractivity (Wildman–Crippen MR) is 103 cm³/mol. The number of hydrogen-bond acceptors (Lipinski definition) is 3. The molecule has 0 radical (unpaired) electrons. The van der Waals surface area contributed by atoms with Crippen LogP contribution < -0.4 is 10.6 Å². The van der Waals surface area contributed by atoms with E-state index in [0.717, 1.165) is 26.1 Å². The molecule has 0 saturated heterocycles. The van der Waals surface area contributed by atoms with E-state index in [4.69, 9.17) is 0 Å². The molecule has 1 aromatic carbocycles. The van der Waals surface area contributed by atoms with Gasteiger partial charge in [0.1, 0.15) is 6.54 Å². The first-order valence-electron chi connectivity index (χ1n) is 8.65. The van der Waals surface area contributed by atoms with E-state index in [2.05, 4.69) is 45.3 Å². The number of thiophene rings is 1. The molecule has 0 atom stereocenters. The SMILES string of the molecule is CCNC(=NCC(=O)N1CCc2ccccc2C1)NCc1cccs1. The van der Waals surface area contributed by atoms with Crippen LogP contribution >= 0.6 is 11.3 Å². The summed E-state index contributed by atoms with van der Waals surface area (Å²) in [6.45, 7) is 5.12. The second-order valence-electron chi connectivity index (χ2n) is 5.96. The molecule has 6 heteroatoms. The number of benzene rings is 1. The van der Waals surface area contributed by atoms with Crippen molar-refractivity contribution in [2.75, 3.05) is 19.6 Å². The first-order valence-corrected chi connectivity index (χ1v) is 9.53. The van der Waals surface area contributed by atoms with Crippen LogP contribution in [-0.4, -0.2) is 36.4 Å². The van der Waals surface area contributed by atoms with Gasteiger partial charge < -0.3 is 15.5 Å². The van der Waals surface area contributed by atoms with E-state index in [-0.39, 0.29) is 12.5 Å². The van der Waals surface area contributed by atoms with Crippen LogP contribution in [0, 0.1) is 0 Å². The predicted octanol–water partition coefficient (Wildman–Crippen LogP) is 2.39. The maximum atomic E-state index is 12.5. The van der Waals surface area contributed by atoms with Crippen molar-refractivity contribution in [3.05, 3.63) is 57.8 Å². The molecule has 132 valence electrons.